The standard InChI is InChI=1S/C15H19N5O2S/c1-20-15(17-18-19-20)23-9-13(21)16-14(10-3-4-10)11-5-7-12(22-2)8-6-11/h5-8,10,14H,3-4,9H2,1-2H3,(H,16,21). The van der Waals surface area contributed by atoms with Crippen LogP contribution in [0.5, 0.6) is 5.75 Å². The van der Waals surface area contributed by atoms with E-state index in [0.29, 0.717) is 16.8 Å². The first-order valence-corrected chi connectivity index (χ1v) is 8.44. The lowest BCUT2D eigenvalue weighted by Crippen LogP contribution is -2.31. The van der Waals surface area contributed by atoms with Crippen LogP contribution in [0, 0.1) is 5.92 Å². The Balaban J connectivity index is 1.60. The van der Waals surface area contributed by atoms with Gasteiger partial charge in [-0.1, -0.05) is 23.9 Å². The summed E-state index contributed by atoms with van der Waals surface area (Å²) >= 11 is 1.33. The van der Waals surface area contributed by atoms with Crippen LogP contribution in [0.25, 0.3) is 0 Å². The number of nitrogens with zero attached hydrogens (tertiary/aromatic N) is 4. The third kappa shape index (κ3) is 4.01. The van der Waals surface area contributed by atoms with Gasteiger partial charge in [0, 0.05) is 7.05 Å². The van der Waals surface area contributed by atoms with Crippen LogP contribution in [-0.4, -0.2) is 39.0 Å². The minimum atomic E-state index is -0.00859. The zero-order valence-corrected chi connectivity index (χ0v) is 13.9. The molecular weight excluding hydrogens is 314 g/mol. The van der Waals surface area contributed by atoms with E-state index in [1.807, 2.05) is 24.3 Å². The summed E-state index contributed by atoms with van der Waals surface area (Å²) in [6.07, 6.45) is 2.30. The van der Waals surface area contributed by atoms with Crippen molar-refractivity contribution in [2.24, 2.45) is 13.0 Å². The lowest BCUT2D eigenvalue weighted by atomic mass is 10.0. The fraction of sp³-hybridized carbons (Fsp3) is 0.467. The maximum atomic E-state index is 12.3. The molecular formula is C15H19N5O2S. The van der Waals surface area contributed by atoms with Crippen molar-refractivity contribution in [1.29, 1.82) is 0 Å². The molecule has 3 rings (SSSR count). The van der Waals surface area contributed by atoms with E-state index in [-0.39, 0.29) is 11.9 Å². The molecule has 0 spiro atoms. The van der Waals surface area contributed by atoms with Crippen molar-refractivity contribution in [1.82, 2.24) is 25.5 Å². The molecule has 1 aliphatic carbocycles. The zero-order chi connectivity index (χ0) is 16.2. The van der Waals surface area contributed by atoms with Crippen molar-refractivity contribution in [3.8, 4) is 5.75 Å². The number of hydrogen-bond donors (Lipinski definition) is 1. The van der Waals surface area contributed by atoms with Gasteiger partial charge in [0.05, 0.1) is 18.9 Å². The Labute approximate surface area is 138 Å². The Morgan fingerprint density at radius 2 is 2.17 bits per heavy atom. The monoisotopic (exact) mass is 333 g/mol. The van der Waals surface area contributed by atoms with Gasteiger partial charge >= 0.3 is 0 Å². The highest BCUT2D eigenvalue weighted by Gasteiger charge is 2.33. The van der Waals surface area contributed by atoms with Gasteiger partial charge in [0.1, 0.15) is 5.75 Å². The first kappa shape index (κ1) is 15.8. The summed E-state index contributed by atoms with van der Waals surface area (Å²) in [5.41, 5.74) is 1.12. The fourth-order valence-corrected chi connectivity index (χ4v) is 3.06. The first-order valence-electron chi connectivity index (χ1n) is 7.46. The number of carbonyl (C=O) groups excluding carboxylic acids is 1. The fourth-order valence-electron chi connectivity index (χ4n) is 2.40. The van der Waals surface area contributed by atoms with Crippen LogP contribution in [0.2, 0.25) is 0 Å². The number of methoxy groups -OCH3 is 1. The zero-order valence-electron chi connectivity index (χ0n) is 13.1. The second-order valence-electron chi connectivity index (χ2n) is 5.53. The molecule has 23 heavy (non-hydrogen) atoms. The molecule has 1 atom stereocenters. The van der Waals surface area contributed by atoms with Crippen molar-refractivity contribution < 1.29 is 9.53 Å². The summed E-state index contributed by atoms with van der Waals surface area (Å²) in [6.45, 7) is 0. The maximum Gasteiger partial charge on any atom is 0.230 e. The number of nitrogens with one attached hydrogen (secondary N) is 1. The van der Waals surface area contributed by atoms with Gasteiger partial charge in [-0.15, -0.1) is 5.10 Å². The van der Waals surface area contributed by atoms with Gasteiger partial charge in [0.2, 0.25) is 11.1 Å². The van der Waals surface area contributed by atoms with E-state index in [9.17, 15) is 4.79 Å². The average molecular weight is 333 g/mol. The van der Waals surface area contributed by atoms with Crippen LogP contribution in [0.15, 0.2) is 29.4 Å². The number of ether oxygens (including phenoxy) is 1. The maximum absolute atomic E-state index is 12.3. The number of thioether (sulfide) groups is 1. The topological polar surface area (TPSA) is 81.9 Å². The molecule has 1 aromatic carbocycles. The highest BCUT2D eigenvalue weighted by molar-refractivity contribution is 7.99. The summed E-state index contributed by atoms with van der Waals surface area (Å²) in [4.78, 5) is 12.3. The Kier molecular flexibility index (Phi) is 4.80. The largest absolute Gasteiger partial charge is 0.497 e. The van der Waals surface area contributed by atoms with Gasteiger partial charge < -0.3 is 10.1 Å². The van der Waals surface area contributed by atoms with Crippen LogP contribution in [0.4, 0.5) is 0 Å². The SMILES string of the molecule is COc1ccc(C(NC(=O)CSc2nnnn2C)C2CC2)cc1. The van der Waals surface area contributed by atoms with E-state index in [4.69, 9.17) is 4.74 Å². The van der Waals surface area contributed by atoms with E-state index in [1.165, 1.54) is 11.8 Å². The van der Waals surface area contributed by atoms with E-state index in [1.54, 1.807) is 18.8 Å². The quantitative estimate of drug-likeness (QED) is 0.775. The van der Waals surface area contributed by atoms with Gasteiger partial charge in [0.15, 0.2) is 0 Å². The molecule has 122 valence electrons. The predicted octanol–water partition coefficient (Wildman–Crippen LogP) is 1.58. The van der Waals surface area contributed by atoms with Crippen molar-refractivity contribution >= 4 is 17.7 Å². The molecule has 1 unspecified atom stereocenters. The molecule has 1 fully saturated rings. The molecule has 1 saturated carbocycles. The minimum absolute atomic E-state index is 0.00859. The van der Waals surface area contributed by atoms with Crippen molar-refractivity contribution in [3.63, 3.8) is 0 Å². The van der Waals surface area contributed by atoms with Crippen LogP contribution in [-0.2, 0) is 11.8 Å². The van der Waals surface area contributed by atoms with E-state index in [0.717, 1.165) is 24.2 Å². The summed E-state index contributed by atoms with van der Waals surface area (Å²) in [5, 5.41) is 14.9. The summed E-state index contributed by atoms with van der Waals surface area (Å²) in [7, 11) is 3.40. The third-order valence-electron chi connectivity index (χ3n) is 3.80. The smallest absolute Gasteiger partial charge is 0.230 e. The lowest BCUT2D eigenvalue weighted by molar-refractivity contribution is -0.119. The molecule has 1 aliphatic rings. The predicted molar refractivity (Wildman–Crippen MR) is 86.1 cm³/mol. The lowest BCUT2D eigenvalue weighted by Gasteiger charge is -2.19. The number of tetrazole rings is 1. The second-order valence-corrected chi connectivity index (χ2v) is 6.47. The Bertz CT molecular complexity index is 669. The first-order chi connectivity index (χ1) is 11.2. The normalized spacial score (nSPS) is 15.2. The number of amides is 1. The van der Waals surface area contributed by atoms with E-state index in [2.05, 4.69) is 20.8 Å². The van der Waals surface area contributed by atoms with Gasteiger partial charge in [-0.3, -0.25) is 4.79 Å². The van der Waals surface area contributed by atoms with Gasteiger partial charge in [-0.05, 0) is 46.9 Å². The van der Waals surface area contributed by atoms with E-state index < -0.39 is 0 Å². The summed E-state index contributed by atoms with van der Waals surface area (Å²) in [6, 6.07) is 7.95. The molecule has 0 bridgehead atoms. The molecule has 1 heterocycles. The Morgan fingerprint density at radius 3 is 2.74 bits per heavy atom. The molecule has 1 N–H and O–H groups in total. The summed E-state index contributed by atoms with van der Waals surface area (Å²) < 4.78 is 6.74. The summed E-state index contributed by atoms with van der Waals surface area (Å²) in [5.74, 6) is 1.63. The van der Waals surface area contributed by atoms with Crippen molar-refractivity contribution in [2.45, 2.75) is 24.0 Å². The number of carbonyl (C=O) groups is 1. The van der Waals surface area contributed by atoms with Crippen molar-refractivity contribution in [3.05, 3.63) is 29.8 Å². The van der Waals surface area contributed by atoms with Gasteiger partial charge in [-0.2, -0.15) is 0 Å². The Hall–Kier alpha value is -2.09. The molecule has 0 radical (unpaired) electrons. The molecule has 0 aliphatic heterocycles. The Morgan fingerprint density at radius 1 is 1.43 bits per heavy atom. The van der Waals surface area contributed by atoms with Gasteiger partial charge in [0.25, 0.3) is 0 Å². The molecule has 2 aromatic rings. The number of hydrogen-bond acceptors (Lipinski definition) is 6. The highest BCUT2D eigenvalue weighted by atomic mass is 32.2. The molecule has 1 amide bonds. The molecule has 7 nitrogen and oxygen atoms in total. The van der Waals surface area contributed by atoms with Crippen LogP contribution < -0.4 is 10.1 Å². The molecule has 1 aromatic heterocycles. The van der Waals surface area contributed by atoms with E-state index >= 15 is 0 Å². The number of aromatic nitrogens is 4. The second kappa shape index (κ2) is 6.99. The minimum Gasteiger partial charge on any atom is -0.497 e. The van der Waals surface area contributed by atoms with Crippen molar-refractivity contribution in [2.75, 3.05) is 12.9 Å². The van der Waals surface area contributed by atoms with Crippen LogP contribution in [0.1, 0.15) is 24.4 Å². The number of benzene rings is 1. The molecule has 0 saturated heterocycles. The molecule has 8 heteroatoms. The van der Waals surface area contributed by atoms with Crippen LogP contribution in [0.3, 0.4) is 0 Å². The number of aryl methyl sites for hydroxylation is 1. The highest BCUT2D eigenvalue weighted by Crippen LogP contribution is 2.41. The third-order valence-corrected chi connectivity index (χ3v) is 4.81. The number of rotatable bonds is 7. The average Bonchev–Trinajstić information content (AvgIpc) is 3.33. The van der Waals surface area contributed by atoms with Crippen LogP contribution >= 0.6 is 11.8 Å². The van der Waals surface area contributed by atoms with Gasteiger partial charge in [-0.25, -0.2) is 4.68 Å².